The number of benzene rings is 5. The van der Waals surface area contributed by atoms with Crippen LogP contribution < -0.4 is 14.9 Å². The second-order valence-corrected chi connectivity index (χ2v) is 12.6. The van der Waals surface area contributed by atoms with Gasteiger partial charge in [-0.2, -0.15) is 5.10 Å². The van der Waals surface area contributed by atoms with Crippen LogP contribution in [0.15, 0.2) is 71.8 Å². The first kappa shape index (κ1) is 40.0. The predicted octanol–water partition coefficient (Wildman–Crippen LogP) is 12.5. The Balaban J connectivity index is 0.000000238. The zero-order valence-corrected chi connectivity index (χ0v) is 30.5. The second-order valence-electron chi connectivity index (χ2n) is 10.2. The Morgan fingerprint density at radius 1 is 0.725 bits per heavy atom. The first-order chi connectivity index (χ1) is 24.2. The molecule has 0 fully saturated rings. The molecule has 16 heteroatoms. The topological polar surface area (TPSA) is 59.9 Å². The number of carbonyl (C=O) groups is 1. The van der Waals surface area contributed by atoms with Crippen molar-refractivity contribution in [1.82, 2.24) is 5.43 Å². The van der Waals surface area contributed by atoms with Crippen LogP contribution in [0.3, 0.4) is 0 Å². The van der Waals surface area contributed by atoms with E-state index >= 15 is 0 Å². The molecule has 1 amide bonds. The number of hydrogen-bond acceptors (Lipinski definition) is 4. The summed E-state index contributed by atoms with van der Waals surface area (Å²) in [6.45, 7) is 1.85. The van der Waals surface area contributed by atoms with Crippen LogP contribution >= 0.6 is 69.6 Å². The standard InChI is InChI=1S/C20H11F5N2O2.C15H10Cl6O/c21-15-13(16(22)18(24)19(25)17(15)23)10-26-27-20(28)12-8-4-5-9-14(12)29-11-6-2-1-3-7-11;1-6-7(13(20)10(17)4-9(6)16)3-8-14(21)11(18)5-12(19)15(8)22-2/h1-10H,(H,27,28);4-5H,3H2,1-2H3/b26-10+;. The van der Waals surface area contributed by atoms with Gasteiger partial charge in [0.2, 0.25) is 5.82 Å². The lowest BCUT2D eigenvalue weighted by Crippen LogP contribution is -2.19. The van der Waals surface area contributed by atoms with Gasteiger partial charge in [0.1, 0.15) is 17.2 Å². The highest BCUT2D eigenvalue weighted by Crippen LogP contribution is 2.43. The fourth-order valence-electron chi connectivity index (χ4n) is 4.44. The van der Waals surface area contributed by atoms with Crippen molar-refractivity contribution in [3.63, 3.8) is 0 Å². The van der Waals surface area contributed by atoms with Gasteiger partial charge >= 0.3 is 0 Å². The molecule has 0 aliphatic rings. The number of para-hydroxylation sites is 2. The molecule has 0 unspecified atom stereocenters. The van der Waals surface area contributed by atoms with Crippen LogP contribution in [-0.2, 0) is 6.42 Å². The van der Waals surface area contributed by atoms with E-state index in [4.69, 9.17) is 79.1 Å². The molecule has 0 atom stereocenters. The molecule has 0 bridgehead atoms. The zero-order valence-electron chi connectivity index (χ0n) is 26.0. The average molecular weight is 825 g/mol. The van der Waals surface area contributed by atoms with Gasteiger partial charge in [-0.1, -0.05) is 99.9 Å². The first-order valence-electron chi connectivity index (χ1n) is 14.2. The molecule has 0 saturated carbocycles. The lowest BCUT2D eigenvalue weighted by molar-refractivity contribution is 0.0952. The van der Waals surface area contributed by atoms with Crippen molar-refractivity contribution in [3.05, 3.63) is 154 Å². The van der Waals surface area contributed by atoms with Crippen molar-refractivity contribution in [1.29, 1.82) is 0 Å². The largest absolute Gasteiger partial charge is 0.495 e. The number of rotatable bonds is 8. The number of nitrogens with zero attached hydrogens (tertiary/aromatic N) is 1. The van der Waals surface area contributed by atoms with Crippen molar-refractivity contribution >= 4 is 81.7 Å². The van der Waals surface area contributed by atoms with Crippen LogP contribution in [0.4, 0.5) is 22.0 Å². The molecule has 5 aromatic carbocycles. The van der Waals surface area contributed by atoms with Crippen LogP contribution in [0.5, 0.6) is 17.2 Å². The Hall–Kier alpha value is -3.77. The van der Waals surface area contributed by atoms with Gasteiger partial charge in [-0.15, -0.1) is 0 Å². The van der Waals surface area contributed by atoms with Gasteiger partial charge in [0.05, 0.1) is 49.6 Å². The summed E-state index contributed by atoms with van der Waals surface area (Å²) in [7, 11) is 1.51. The lowest BCUT2D eigenvalue weighted by Gasteiger charge is -2.17. The van der Waals surface area contributed by atoms with E-state index in [1.54, 1.807) is 48.5 Å². The normalized spacial score (nSPS) is 10.9. The van der Waals surface area contributed by atoms with Crippen LogP contribution in [0, 0.1) is 36.0 Å². The number of hydrazone groups is 1. The molecule has 1 N–H and O–H groups in total. The van der Waals surface area contributed by atoms with E-state index in [1.807, 2.05) is 12.3 Å². The fourth-order valence-corrected chi connectivity index (χ4v) is 5.99. The Morgan fingerprint density at radius 2 is 1.25 bits per heavy atom. The molecular weight excluding hydrogens is 804 g/mol. The summed E-state index contributed by atoms with van der Waals surface area (Å²) in [5, 5.41) is 5.65. The molecule has 0 saturated heterocycles. The van der Waals surface area contributed by atoms with E-state index in [0.717, 1.165) is 11.1 Å². The smallest absolute Gasteiger partial charge is 0.275 e. The number of hydrogen-bond donors (Lipinski definition) is 1. The van der Waals surface area contributed by atoms with Gasteiger partial charge in [0.25, 0.3) is 5.91 Å². The van der Waals surface area contributed by atoms with Gasteiger partial charge < -0.3 is 9.47 Å². The third-order valence-electron chi connectivity index (χ3n) is 7.02. The van der Waals surface area contributed by atoms with Gasteiger partial charge in [0, 0.05) is 17.0 Å². The van der Waals surface area contributed by atoms with Gasteiger partial charge in [-0.05, 0) is 54.4 Å². The van der Waals surface area contributed by atoms with Crippen molar-refractivity contribution < 1.29 is 36.2 Å². The van der Waals surface area contributed by atoms with E-state index in [2.05, 4.69) is 5.10 Å². The second kappa shape index (κ2) is 17.6. The number of halogens is 11. The van der Waals surface area contributed by atoms with Crippen LogP contribution in [-0.4, -0.2) is 19.2 Å². The van der Waals surface area contributed by atoms with Crippen LogP contribution in [0.2, 0.25) is 30.1 Å². The summed E-state index contributed by atoms with van der Waals surface area (Å²) in [6.07, 6.45) is 0.669. The average Bonchev–Trinajstić information content (AvgIpc) is 3.11. The molecule has 0 spiro atoms. The third kappa shape index (κ3) is 9.18. The minimum absolute atomic E-state index is 0.0333. The number of ether oxygens (including phenoxy) is 2. The molecule has 0 aromatic heterocycles. The maximum Gasteiger partial charge on any atom is 0.275 e. The maximum atomic E-state index is 13.6. The van der Waals surface area contributed by atoms with Crippen LogP contribution in [0.25, 0.3) is 0 Å². The summed E-state index contributed by atoms with van der Waals surface area (Å²) in [4.78, 5) is 12.3. The molecule has 0 heterocycles. The molecule has 5 nitrogen and oxygen atoms in total. The fraction of sp³-hybridized carbons (Fsp3) is 0.0857. The van der Waals surface area contributed by atoms with E-state index in [9.17, 15) is 26.7 Å². The minimum atomic E-state index is -2.28. The van der Waals surface area contributed by atoms with Gasteiger partial charge in [-0.25, -0.2) is 27.4 Å². The van der Waals surface area contributed by atoms with Gasteiger partial charge in [0.15, 0.2) is 23.3 Å². The van der Waals surface area contributed by atoms with E-state index in [1.165, 1.54) is 25.3 Å². The Bertz CT molecular complexity index is 2080. The summed E-state index contributed by atoms with van der Waals surface area (Å²) in [5.41, 5.74) is 2.90. The maximum absolute atomic E-state index is 13.6. The SMILES string of the molecule is COc1c(Cl)cc(Cl)c(Cl)c1Cc1c(C)c(Cl)cc(Cl)c1Cl.O=C(N/N=C/c1c(F)c(F)c(F)c(F)c1F)c1ccccc1Oc1ccccc1. The molecular formula is C35H21Cl6F5N2O3. The molecule has 51 heavy (non-hydrogen) atoms. The zero-order chi connectivity index (χ0) is 37.6. The highest BCUT2D eigenvalue weighted by molar-refractivity contribution is 6.45. The Kier molecular flexibility index (Phi) is 13.8. The molecule has 0 aliphatic heterocycles. The summed E-state index contributed by atoms with van der Waals surface area (Å²) < 4.78 is 77.6. The van der Waals surface area contributed by atoms with Crippen molar-refractivity contribution in [2.45, 2.75) is 13.3 Å². The number of nitrogens with one attached hydrogen (secondary N) is 1. The summed E-state index contributed by atoms with van der Waals surface area (Å²) in [5.74, 6) is -10.4. The highest BCUT2D eigenvalue weighted by Gasteiger charge is 2.25. The van der Waals surface area contributed by atoms with Crippen LogP contribution in [0.1, 0.15) is 32.6 Å². The Morgan fingerprint density at radius 3 is 1.86 bits per heavy atom. The lowest BCUT2D eigenvalue weighted by atomic mass is 9.99. The molecule has 0 aliphatic carbocycles. The monoisotopic (exact) mass is 822 g/mol. The van der Waals surface area contributed by atoms with E-state index < -0.39 is 40.6 Å². The summed E-state index contributed by atoms with van der Waals surface area (Å²) in [6, 6.07) is 17.8. The number of amides is 1. The Labute approximate surface area is 318 Å². The van der Waals surface area contributed by atoms with Crippen molar-refractivity contribution in [2.24, 2.45) is 5.10 Å². The van der Waals surface area contributed by atoms with Crippen molar-refractivity contribution in [3.8, 4) is 17.2 Å². The van der Waals surface area contributed by atoms with Crippen molar-refractivity contribution in [2.75, 3.05) is 7.11 Å². The van der Waals surface area contributed by atoms with E-state index in [-0.39, 0.29) is 11.3 Å². The third-order valence-corrected chi connectivity index (χ3v) is 9.35. The highest BCUT2D eigenvalue weighted by atomic mass is 35.5. The minimum Gasteiger partial charge on any atom is -0.495 e. The van der Waals surface area contributed by atoms with Gasteiger partial charge in [-0.3, -0.25) is 4.79 Å². The quantitative estimate of drug-likeness (QED) is 0.0557. The van der Waals surface area contributed by atoms with E-state index in [0.29, 0.717) is 59.8 Å². The molecule has 0 radical (unpaired) electrons. The number of carbonyl (C=O) groups excluding carboxylic acids is 1. The predicted molar refractivity (Wildman–Crippen MR) is 191 cm³/mol. The number of methoxy groups -OCH3 is 1. The first-order valence-corrected chi connectivity index (χ1v) is 16.4. The summed E-state index contributed by atoms with van der Waals surface area (Å²) >= 11 is 37.1. The molecule has 5 aromatic rings. The molecule has 266 valence electrons. The molecule has 5 rings (SSSR count).